The topological polar surface area (TPSA) is 276 Å². The quantitative estimate of drug-likeness (QED) is 0.126. The van der Waals surface area contributed by atoms with Gasteiger partial charge in [0, 0.05) is 7.11 Å². The fourth-order valence-corrected chi connectivity index (χ4v) is 4.85. The highest BCUT2D eigenvalue weighted by Gasteiger charge is 2.52. The molecule has 0 bridgehead atoms. The van der Waals surface area contributed by atoms with Crippen LogP contribution in [0.5, 0.6) is 0 Å². The van der Waals surface area contributed by atoms with Crippen molar-refractivity contribution < 1.29 is 89.0 Å². The van der Waals surface area contributed by atoms with E-state index in [1.165, 1.54) is 7.11 Å². The molecular weight excluding hydrogens is 552 g/mol. The van der Waals surface area contributed by atoms with Crippen molar-refractivity contribution in [3.8, 4) is 0 Å². The molecule has 0 spiro atoms. The van der Waals surface area contributed by atoms with Gasteiger partial charge in [0.25, 0.3) is 0 Å². The molecule has 0 aromatic rings. The summed E-state index contributed by atoms with van der Waals surface area (Å²) in [5.74, 6) is 0. The highest BCUT2D eigenvalue weighted by atomic mass is 16.8. The maximum absolute atomic E-state index is 11.0. The first-order valence-corrected chi connectivity index (χ1v) is 12.7. The zero-order valence-electron chi connectivity index (χ0n) is 21.4. The number of hydrogen-bond donors (Lipinski definition) is 10. The van der Waals surface area contributed by atoms with Crippen LogP contribution >= 0.6 is 0 Å². The Bertz CT molecular complexity index is 793. The van der Waals surface area contributed by atoms with Gasteiger partial charge in [0.15, 0.2) is 25.2 Å². The molecule has 4 rings (SSSR count). The highest BCUT2D eigenvalue weighted by Crippen LogP contribution is 2.32. The molecule has 40 heavy (non-hydrogen) atoms. The van der Waals surface area contributed by atoms with Crippen molar-refractivity contribution in [1.29, 1.82) is 0 Å². The van der Waals surface area contributed by atoms with E-state index in [9.17, 15) is 51.1 Å². The molecule has 0 unspecified atom stereocenters. The van der Waals surface area contributed by atoms with Crippen LogP contribution < -0.4 is 0 Å². The van der Waals surface area contributed by atoms with Crippen molar-refractivity contribution in [2.75, 3.05) is 33.5 Å². The van der Waals surface area contributed by atoms with Gasteiger partial charge in [-0.2, -0.15) is 0 Å². The van der Waals surface area contributed by atoms with E-state index in [0.717, 1.165) is 0 Å². The van der Waals surface area contributed by atoms with Gasteiger partial charge in [-0.25, -0.2) is 0 Å². The lowest BCUT2D eigenvalue weighted by atomic mass is 9.97. The Labute approximate surface area is 227 Å². The van der Waals surface area contributed by atoms with Gasteiger partial charge in [-0.05, 0) is 0 Å². The van der Waals surface area contributed by atoms with Crippen molar-refractivity contribution in [1.82, 2.24) is 0 Å². The molecule has 18 nitrogen and oxygen atoms in total. The van der Waals surface area contributed by atoms with Crippen molar-refractivity contribution >= 4 is 0 Å². The van der Waals surface area contributed by atoms with Gasteiger partial charge >= 0.3 is 0 Å². The summed E-state index contributed by atoms with van der Waals surface area (Å²) in [4.78, 5) is 0. The Hall–Kier alpha value is -0.720. The summed E-state index contributed by atoms with van der Waals surface area (Å²) in [5, 5.41) is 103. The molecule has 4 aliphatic rings. The van der Waals surface area contributed by atoms with Crippen LogP contribution in [0, 0.1) is 0 Å². The third kappa shape index (κ3) is 6.75. The summed E-state index contributed by atoms with van der Waals surface area (Å²) in [7, 11) is 1.31. The molecular formula is C22H38O18. The van der Waals surface area contributed by atoms with E-state index in [2.05, 4.69) is 0 Å². The maximum Gasteiger partial charge on any atom is 0.187 e. The molecule has 0 saturated carbocycles. The molecule has 18 heteroatoms. The SMILES string of the molecule is COC[C@H]1O[C@@H](O[C@@H]2[C@H](O)[C@H](O[C@@H]3[C@H](O)[C@H](O)OC[C@H]3O)OC[C@H]2O)[C@H](O)[C@@H](O[C@H]2OC[C@@H](O)[C@H](O)[C@@H]2O)[C@@H]1O. The van der Waals surface area contributed by atoms with Gasteiger partial charge in [0.2, 0.25) is 0 Å². The molecule has 10 N–H and O–H groups in total. The first-order chi connectivity index (χ1) is 18.9. The Morgan fingerprint density at radius 1 is 0.525 bits per heavy atom. The minimum atomic E-state index is -1.82. The van der Waals surface area contributed by atoms with E-state index in [1.54, 1.807) is 0 Å². The van der Waals surface area contributed by atoms with Gasteiger partial charge < -0.3 is 89.0 Å². The summed E-state index contributed by atoms with van der Waals surface area (Å²) >= 11 is 0. The van der Waals surface area contributed by atoms with E-state index in [-0.39, 0.29) is 13.2 Å². The lowest BCUT2D eigenvalue weighted by Gasteiger charge is -2.47. The van der Waals surface area contributed by atoms with Gasteiger partial charge in [-0.15, -0.1) is 0 Å². The highest BCUT2D eigenvalue weighted by molar-refractivity contribution is 4.95. The Morgan fingerprint density at radius 3 is 1.68 bits per heavy atom. The number of aliphatic hydroxyl groups excluding tert-OH is 10. The molecule has 4 saturated heterocycles. The number of aliphatic hydroxyl groups is 10. The van der Waals surface area contributed by atoms with Crippen LogP contribution in [0.25, 0.3) is 0 Å². The summed E-state index contributed by atoms with van der Waals surface area (Å²) < 4.78 is 42.7. The second kappa shape index (κ2) is 13.7. The van der Waals surface area contributed by atoms with Crippen LogP contribution in [-0.2, 0) is 37.9 Å². The van der Waals surface area contributed by atoms with E-state index in [4.69, 9.17) is 37.9 Å². The predicted octanol–water partition coefficient (Wildman–Crippen LogP) is -7.18. The van der Waals surface area contributed by atoms with Gasteiger partial charge in [-0.3, -0.25) is 0 Å². The second-order valence-corrected chi connectivity index (χ2v) is 10.1. The van der Waals surface area contributed by atoms with E-state index in [1.807, 2.05) is 0 Å². The first-order valence-electron chi connectivity index (χ1n) is 12.7. The summed E-state index contributed by atoms with van der Waals surface area (Å²) in [6, 6.07) is 0. The van der Waals surface area contributed by atoms with Crippen molar-refractivity contribution in [2.24, 2.45) is 0 Å². The number of hydrogen-bond acceptors (Lipinski definition) is 18. The number of rotatable bonds is 8. The molecule has 4 fully saturated rings. The predicted molar refractivity (Wildman–Crippen MR) is 121 cm³/mol. The van der Waals surface area contributed by atoms with Gasteiger partial charge in [-0.1, -0.05) is 0 Å². The first kappa shape index (κ1) is 32.2. The van der Waals surface area contributed by atoms with Crippen LogP contribution in [0.4, 0.5) is 0 Å². The fourth-order valence-electron chi connectivity index (χ4n) is 4.85. The minimum absolute atomic E-state index is 0.227. The Balaban J connectivity index is 1.47. The minimum Gasteiger partial charge on any atom is -0.388 e. The van der Waals surface area contributed by atoms with Crippen molar-refractivity contribution in [2.45, 2.75) is 105 Å². The van der Waals surface area contributed by atoms with Gasteiger partial charge in [0.05, 0.1) is 26.4 Å². The molecule has 0 aliphatic carbocycles. The number of methoxy groups -OCH3 is 1. The summed E-state index contributed by atoms with van der Waals surface area (Å²) in [5.41, 5.74) is 0. The zero-order chi connectivity index (χ0) is 29.3. The average Bonchev–Trinajstić information content (AvgIpc) is 2.92. The van der Waals surface area contributed by atoms with Crippen LogP contribution in [-0.4, -0.2) is 189 Å². The molecule has 17 atom stereocenters. The Morgan fingerprint density at radius 2 is 1.02 bits per heavy atom. The lowest BCUT2D eigenvalue weighted by molar-refractivity contribution is -0.376. The normalized spacial score (nSPS) is 52.4. The fraction of sp³-hybridized carbons (Fsp3) is 1.00. The summed E-state index contributed by atoms with van der Waals surface area (Å²) in [6.07, 6.45) is -26.8. The van der Waals surface area contributed by atoms with E-state index < -0.39 is 118 Å². The molecule has 234 valence electrons. The largest absolute Gasteiger partial charge is 0.388 e. The standard InChI is InChI=1S/C22H38O18/c1-33-5-9-11(27)18(40-20-12(28)10(26)6(23)2-35-20)15(31)22(37-9)39-17-8(25)4-36-21(14(17)30)38-16-7(24)3-34-19(32)13(16)29/h6-32H,2-5H2,1H3/t6-,7-,8-,9-,10+,11-,12+,13+,14+,15-,16+,17+,18+,19-,20-,21+,22+/m1/s1. The third-order valence-electron chi connectivity index (χ3n) is 7.17. The maximum atomic E-state index is 11.0. The average molecular weight is 591 g/mol. The van der Waals surface area contributed by atoms with Crippen molar-refractivity contribution in [3.05, 3.63) is 0 Å². The lowest BCUT2D eigenvalue weighted by Crippen LogP contribution is -2.65. The second-order valence-electron chi connectivity index (χ2n) is 10.1. The molecule has 4 aliphatic heterocycles. The van der Waals surface area contributed by atoms with Crippen LogP contribution in [0.2, 0.25) is 0 Å². The Kier molecular flexibility index (Phi) is 11.0. The van der Waals surface area contributed by atoms with E-state index in [0.29, 0.717) is 0 Å². The molecule has 0 amide bonds. The molecule has 4 heterocycles. The molecule has 0 aromatic carbocycles. The van der Waals surface area contributed by atoms with Crippen LogP contribution in [0.15, 0.2) is 0 Å². The van der Waals surface area contributed by atoms with Gasteiger partial charge in [0.1, 0.15) is 79.4 Å². The number of ether oxygens (including phenoxy) is 8. The molecule has 0 aromatic heterocycles. The van der Waals surface area contributed by atoms with Crippen molar-refractivity contribution in [3.63, 3.8) is 0 Å². The summed E-state index contributed by atoms with van der Waals surface area (Å²) in [6.45, 7) is -1.47. The van der Waals surface area contributed by atoms with E-state index >= 15 is 0 Å². The zero-order valence-corrected chi connectivity index (χ0v) is 21.4. The van der Waals surface area contributed by atoms with Crippen LogP contribution in [0.1, 0.15) is 0 Å². The monoisotopic (exact) mass is 590 g/mol. The molecule has 0 radical (unpaired) electrons. The third-order valence-corrected chi connectivity index (χ3v) is 7.17. The smallest absolute Gasteiger partial charge is 0.187 e. The van der Waals surface area contributed by atoms with Crippen LogP contribution in [0.3, 0.4) is 0 Å².